The van der Waals surface area contributed by atoms with Crippen LogP contribution in [0.1, 0.15) is 26.5 Å². The minimum absolute atomic E-state index is 0.0104. The molecular formula is C15H13NO6. The Morgan fingerprint density at radius 2 is 1.91 bits per heavy atom. The average molecular weight is 303 g/mol. The van der Waals surface area contributed by atoms with E-state index in [2.05, 4.69) is 4.74 Å². The summed E-state index contributed by atoms with van der Waals surface area (Å²) in [4.78, 5) is 35.0. The van der Waals surface area contributed by atoms with Crippen LogP contribution in [0.5, 0.6) is 5.75 Å². The lowest BCUT2D eigenvalue weighted by Crippen LogP contribution is -2.23. The molecule has 0 saturated heterocycles. The number of hydrogen-bond donors (Lipinski definition) is 1. The number of methoxy groups -OCH3 is 1. The zero-order valence-electron chi connectivity index (χ0n) is 11.7. The van der Waals surface area contributed by atoms with E-state index in [1.165, 1.54) is 0 Å². The third-order valence-electron chi connectivity index (χ3n) is 2.81. The smallest absolute Gasteiger partial charge is 0.345 e. The molecule has 7 heteroatoms. The molecule has 2 aromatic rings. The topological polar surface area (TPSA) is 109 Å². The third kappa shape index (κ3) is 3.14. The molecular weight excluding hydrogens is 290 g/mol. The highest BCUT2D eigenvalue weighted by molar-refractivity contribution is 5.94. The lowest BCUT2D eigenvalue weighted by atomic mass is 10.2. The van der Waals surface area contributed by atoms with E-state index in [4.69, 9.17) is 14.9 Å². The Balaban J connectivity index is 2.40. The van der Waals surface area contributed by atoms with Gasteiger partial charge in [-0.3, -0.25) is 9.59 Å². The van der Waals surface area contributed by atoms with Crippen molar-refractivity contribution in [2.24, 2.45) is 5.73 Å². The Kier molecular flexibility index (Phi) is 4.57. The first-order valence-electron chi connectivity index (χ1n) is 6.25. The molecule has 1 aromatic heterocycles. The summed E-state index contributed by atoms with van der Waals surface area (Å²) < 4.78 is 14.7. The molecule has 0 radical (unpaired) electrons. The van der Waals surface area contributed by atoms with Crippen LogP contribution in [-0.2, 0) is 11.3 Å². The van der Waals surface area contributed by atoms with Crippen molar-refractivity contribution in [3.63, 3.8) is 0 Å². The lowest BCUT2D eigenvalue weighted by molar-refractivity contribution is 0.0593. The van der Waals surface area contributed by atoms with Gasteiger partial charge in [0.2, 0.25) is 16.9 Å². The van der Waals surface area contributed by atoms with Gasteiger partial charge in [0.05, 0.1) is 7.11 Å². The number of rotatable bonds is 5. The van der Waals surface area contributed by atoms with Crippen molar-refractivity contribution >= 4 is 11.9 Å². The van der Waals surface area contributed by atoms with E-state index in [-0.39, 0.29) is 12.2 Å². The zero-order chi connectivity index (χ0) is 16.1. The van der Waals surface area contributed by atoms with Crippen molar-refractivity contribution < 1.29 is 23.5 Å². The number of benzene rings is 1. The Bertz CT molecular complexity index is 750. The zero-order valence-corrected chi connectivity index (χ0v) is 11.7. The molecule has 0 atom stereocenters. The van der Waals surface area contributed by atoms with Gasteiger partial charge in [0.1, 0.15) is 18.4 Å². The van der Waals surface area contributed by atoms with Crippen molar-refractivity contribution in [2.45, 2.75) is 6.61 Å². The Morgan fingerprint density at radius 1 is 1.23 bits per heavy atom. The van der Waals surface area contributed by atoms with Crippen LogP contribution in [0.25, 0.3) is 0 Å². The maximum atomic E-state index is 12.2. The van der Waals surface area contributed by atoms with Gasteiger partial charge in [-0.2, -0.15) is 0 Å². The summed E-state index contributed by atoms with van der Waals surface area (Å²) in [7, 11) is 1.12. The highest BCUT2D eigenvalue weighted by atomic mass is 16.5. The summed E-state index contributed by atoms with van der Waals surface area (Å²) in [5.41, 5.74) is 4.71. The van der Waals surface area contributed by atoms with Crippen molar-refractivity contribution in [2.75, 3.05) is 7.11 Å². The molecule has 1 heterocycles. The van der Waals surface area contributed by atoms with Gasteiger partial charge in [0.15, 0.2) is 0 Å². The van der Waals surface area contributed by atoms with E-state index in [0.717, 1.165) is 18.9 Å². The lowest BCUT2D eigenvalue weighted by Gasteiger charge is -2.09. The number of primary amides is 1. The Labute approximate surface area is 125 Å². The van der Waals surface area contributed by atoms with Gasteiger partial charge >= 0.3 is 5.97 Å². The Hall–Kier alpha value is -3.09. The van der Waals surface area contributed by atoms with E-state index in [0.29, 0.717) is 0 Å². The molecule has 114 valence electrons. The third-order valence-corrected chi connectivity index (χ3v) is 2.81. The summed E-state index contributed by atoms with van der Waals surface area (Å²) in [6.45, 7) is 0.0104. The molecule has 0 saturated carbocycles. The van der Waals surface area contributed by atoms with Crippen molar-refractivity contribution in [3.8, 4) is 5.75 Å². The summed E-state index contributed by atoms with van der Waals surface area (Å²) in [5.74, 6) is -2.74. The second kappa shape index (κ2) is 6.57. The highest BCUT2D eigenvalue weighted by Gasteiger charge is 2.23. The number of hydrogen-bond acceptors (Lipinski definition) is 6. The monoisotopic (exact) mass is 303 g/mol. The fourth-order valence-electron chi connectivity index (χ4n) is 1.73. The summed E-state index contributed by atoms with van der Waals surface area (Å²) in [5, 5.41) is 0. The molecule has 7 nitrogen and oxygen atoms in total. The minimum Gasteiger partial charge on any atom is -0.481 e. The van der Waals surface area contributed by atoms with Crippen LogP contribution in [0.2, 0.25) is 0 Å². The minimum atomic E-state index is -0.975. The van der Waals surface area contributed by atoms with Gasteiger partial charge in [-0.1, -0.05) is 30.3 Å². The number of ether oxygens (including phenoxy) is 2. The number of esters is 1. The molecule has 0 aliphatic heterocycles. The van der Waals surface area contributed by atoms with Crippen LogP contribution in [0.15, 0.2) is 45.8 Å². The first kappa shape index (κ1) is 15.3. The number of carbonyl (C=O) groups excluding carboxylic acids is 2. The summed E-state index contributed by atoms with van der Waals surface area (Å²) >= 11 is 0. The molecule has 22 heavy (non-hydrogen) atoms. The van der Waals surface area contributed by atoms with E-state index in [1.54, 1.807) is 24.3 Å². The van der Waals surface area contributed by atoms with E-state index < -0.39 is 28.8 Å². The standard InChI is InChI=1S/C15H13NO6/c1-20-15(19)10-8-22-13(14(16)18)12(11(10)17)21-7-9-5-3-2-4-6-9/h2-6,8H,7H2,1H3,(H2,16,18). The van der Waals surface area contributed by atoms with Crippen LogP contribution < -0.4 is 15.9 Å². The number of amides is 1. The van der Waals surface area contributed by atoms with E-state index in [1.807, 2.05) is 6.07 Å². The molecule has 0 aliphatic carbocycles. The van der Waals surface area contributed by atoms with Crippen LogP contribution in [-0.4, -0.2) is 19.0 Å². The molecule has 0 fully saturated rings. The van der Waals surface area contributed by atoms with Crippen molar-refractivity contribution in [1.29, 1.82) is 0 Å². The normalized spacial score (nSPS) is 10.0. The summed E-state index contributed by atoms with van der Waals surface area (Å²) in [6, 6.07) is 8.96. The predicted molar refractivity (Wildman–Crippen MR) is 75.6 cm³/mol. The first-order chi connectivity index (χ1) is 10.5. The molecule has 1 aromatic carbocycles. The SMILES string of the molecule is COC(=O)c1coc(C(N)=O)c(OCc2ccccc2)c1=O. The highest BCUT2D eigenvalue weighted by Crippen LogP contribution is 2.16. The first-order valence-corrected chi connectivity index (χ1v) is 6.25. The van der Waals surface area contributed by atoms with Crippen molar-refractivity contribution in [3.05, 3.63) is 63.7 Å². The average Bonchev–Trinajstić information content (AvgIpc) is 2.53. The maximum Gasteiger partial charge on any atom is 0.345 e. The molecule has 2 N–H and O–H groups in total. The molecule has 0 unspecified atom stereocenters. The van der Waals surface area contributed by atoms with Gasteiger partial charge in [0.25, 0.3) is 5.91 Å². The number of carbonyl (C=O) groups is 2. The fourth-order valence-corrected chi connectivity index (χ4v) is 1.73. The fraction of sp³-hybridized carbons (Fsp3) is 0.133. The quantitative estimate of drug-likeness (QED) is 0.828. The second-order valence-electron chi connectivity index (χ2n) is 4.27. The van der Waals surface area contributed by atoms with Gasteiger partial charge in [-0.05, 0) is 5.56 Å². The summed E-state index contributed by atoms with van der Waals surface area (Å²) in [6.07, 6.45) is 0.823. The van der Waals surface area contributed by atoms with Gasteiger partial charge in [0, 0.05) is 0 Å². The molecule has 0 bridgehead atoms. The van der Waals surface area contributed by atoms with Crippen LogP contribution in [0.3, 0.4) is 0 Å². The largest absolute Gasteiger partial charge is 0.481 e. The van der Waals surface area contributed by atoms with Crippen LogP contribution in [0.4, 0.5) is 0 Å². The molecule has 1 amide bonds. The van der Waals surface area contributed by atoms with Gasteiger partial charge < -0.3 is 19.6 Å². The van der Waals surface area contributed by atoms with Gasteiger partial charge in [-0.15, -0.1) is 0 Å². The van der Waals surface area contributed by atoms with E-state index >= 15 is 0 Å². The van der Waals surface area contributed by atoms with Crippen LogP contribution in [0, 0.1) is 0 Å². The molecule has 0 spiro atoms. The predicted octanol–water partition coefficient (Wildman–Crippen LogP) is 1.10. The van der Waals surface area contributed by atoms with Crippen LogP contribution >= 0.6 is 0 Å². The van der Waals surface area contributed by atoms with E-state index in [9.17, 15) is 14.4 Å². The number of nitrogens with two attached hydrogens (primary N) is 1. The van der Waals surface area contributed by atoms with Gasteiger partial charge in [-0.25, -0.2) is 4.79 Å². The second-order valence-corrected chi connectivity index (χ2v) is 4.27. The molecule has 0 aliphatic rings. The maximum absolute atomic E-state index is 12.2. The molecule has 2 rings (SSSR count). The van der Waals surface area contributed by atoms with Crippen molar-refractivity contribution in [1.82, 2.24) is 0 Å². The Morgan fingerprint density at radius 3 is 2.50 bits per heavy atom.